The van der Waals surface area contributed by atoms with Gasteiger partial charge in [0.1, 0.15) is 11.9 Å². The first-order valence-electron chi connectivity index (χ1n) is 12.1. The summed E-state index contributed by atoms with van der Waals surface area (Å²) in [5.74, 6) is -1.89. The Kier molecular flexibility index (Phi) is 9.48. The second-order valence-electron chi connectivity index (χ2n) is 8.87. The summed E-state index contributed by atoms with van der Waals surface area (Å²) in [6.45, 7) is 1.52. The maximum absolute atomic E-state index is 14.1. The molecule has 0 aliphatic rings. The molecule has 0 spiro atoms. The van der Waals surface area contributed by atoms with E-state index in [1.807, 2.05) is 0 Å². The summed E-state index contributed by atoms with van der Waals surface area (Å²) in [5.41, 5.74) is 7.83. The fraction of sp³-hybridized carbons (Fsp3) is 0.276. The lowest BCUT2D eigenvalue weighted by molar-refractivity contribution is -0.143. The van der Waals surface area contributed by atoms with E-state index in [1.165, 1.54) is 27.4 Å². The number of carboxylic acid groups (broad SMARTS) is 1. The number of hydrogen-bond donors (Lipinski definition) is 2. The maximum atomic E-state index is 14.1. The lowest BCUT2D eigenvalue weighted by atomic mass is 10.0. The third-order valence-corrected chi connectivity index (χ3v) is 6.30. The molecule has 3 N–H and O–H groups in total. The molecule has 0 aliphatic heterocycles. The van der Waals surface area contributed by atoms with Crippen molar-refractivity contribution in [2.45, 2.75) is 32.4 Å². The van der Waals surface area contributed by atoms with E-state index in [0.717, 1.165) is 4.90 Å². The maximum Gasteiger partial charge on any atom is 0.326 e. The molecule has 0 radical (unpaired) electrons. The van der Waals surface area contributed by atoms with Crippen LogP contribution in [0, 0.1) is 12.7 Å². The van der Waals surface area contributed by atoms with E-state index < -0.39 is 23.8 Å². The number of hydrogen-bond acceptors (Lipinski definition) is 6. The quantitative estimate of drug-likeness (QED) is 0.354. The van der Waals surface area contributed by atoms with E-state index in [9.17, 15) is 23.9 Å². The molecule has 9 nitrogen and oxygen atoms in total. The molecular formula is C29H31FN2O7. The second kappa shape index (κ2) is 12.8. The fourth-order valence-corrected chi connectivity index (χ4v) is 4.18. The summed E-state index contributed by atoms with van der Waals surface area (Å²) in [7, 11) is 4.34. The molecule has 0 bridgehead atoms. The second-order valence-corrected chi connectivity index (χ2v) is 8.87. The van der Waals surface area contributed by atoms with Gasteiger partial charge in [-0.25, -0.2) is 9.18 Å². The van der Waals surface area contributed by atoms with E-state index >= 15 is 0 Å². The van der Waals surface area contributed by atoms with Crippen LogP contribution in [0.4, 0.5) is 4.39 Å². The third-order valence-electron chi connectivity index (χ3n) is 6.30. The number of aryl methyl sites for hydroxylation is 1. The summed E-state index contributed by atoms with van der Waals surface area (Å²) in [6, 6.07) is 13.1. The topological polar surface area (TPSA) is 128 Å². The molecule has 0 aromatic heterocycles. The first-order chi connectivity index (χ1) is 18.6. The highest BCUT2D eigenvalue weighted by Gasteiger charge is 2.31. The van der Waals surface area contributed by atoms with Crippen LogP contribution in [0.3, 0.4) is 0 Å². The zero-order valence-corrected chi connectivity index (χ0v) is 22.2. The van der Waals surface area contributed by atoms with E-state index in [2.05, 4.69) is 0 Å². The van der Waals surface area contributed by atoms with Gasteiger partial charge in [0.2, 0.25) is 11.7 Å². The van der Waals surface area contributed by atoms with Crippen molar-refractivity contribution >= 4 is 17.8 Å². The molecule has 3 aromatic carbocycles. The van der Waals surface area contributed by atoms with Crippen molar-refractivity contribution in [3.05, 3.63) is 77.1 Å². The number of amides is 2. The average molecular weight is 539 g/mol. The largest absolute Gasteiger partial charge is 0.493 e. The zero-order chi connectivity index (χ0) is 28.7. The van der Waals surface area contributed by atoms with Gasteiger partial charge in [-0.15, -0.1) is 0 Å². The number of nitrogens with zero attached hydrogens (tertiary/aromatic N) is 1. The van der Waals surface area contributed by atoms with Gasteiger partial charge in [0.25, 0.3) is 5.91 Å². The highest BCUT2D eigenvalue weighted by Crippen LogP contribution is 2.38. The minimum absolute atomic E-state index is 0.143. The Morgan fingerprint density at radius 1 is 0.923 bits per heavy atom. The number of carbonyl (C=O) groups is 3. The number of nitrogens with two attached hydrogens (primary N) is 1. The van der Waals surface area contributed by atoms with E-state index in [0.29, 0.717) is 39.5 Å². The van der Waals surface area contributed by atoms with Crippen molar-refractivity contribution in [2.24, 2.45) is 5.73 Å². The van der Waals surface area contributed by atoms with Crippen LogP contribution >= 0.6 is 0 Å². The Bertz CT molecular complexity index is 1330. The molecule has 39 heavy (non-hydrogen) atoms. The minimum atomic E-state index is -1.35. The first-order valence-corrected chi connectivity index (χ1v) is 12.1. The van der Waals surface area contributed by atoms with E-state index in [4.69, 9.17) is 19.9 Å². The van der Waals surface area contributed by atoms with Gasteiger partial charge < -0.3 is 30.0 Å². The third kappa shape index (κ3) is 6.84. The van der Waals surface area contributed by atoms with Crippen LogP contribution in [0.15, 0.2) is 54.6 Å². The summed E-state index contributed by atoms with van der Waals surface area (Å²) >= 11 is 0. The Morgan fingerprint density at radius 3 is 2.00 bits per heavy atom. The Morgan fingerprint density at radius 2 is 1.51 bits per heavy atom. The van der Waals surface area contributed by atoms with Crippen molar-refractivity contribution in [3.63, 3.8) is 0 Å². The van der Waals surface area contributed by atoms with Crippen LogP contribution in [0.2, 0.25) is 0 Å². The average Bonchev–Trinajstić information content (AvgIpc) is 2.92. The number of carbonyl (C=O) groups excluding carboxylic acids is 2. The zero-order valence-electron chi connectivity index (χ0n) is 22.2. The molecule has 2 amide bonds. The van der Waals surface area contributed by atoms with Crippen LogP contribution < -0.4 is 19.9 Å². The summed E-state index contributed by atoms with van der Waals surface area (Å²) < 4.78 is 30.2. The van der Waals surface area contributed by atoms with Crippen LogP contribution in [0.5, 0.6) is 17.2 Å². The van der Waals surface area contributed by atoms with Crippen molar-refractivity contribution in [1.82, 2.24) is 4.90 Å². The van der Waals surface area contributed by atoms with E-state index in [-0.39, 0.29) is 30.8 Å². The lowest BCUT2D eigenvalue weighted by Crippen LogP contribution is -2.45. The first kappa shape index (κ1) is 29.0. The van der Waals surface area contributed by atoms with Gasteiger partial charge >= 0.3 is 5.97 Å². The van der Waals surface area contributed by atoms with Gasteiger partial charge in [-0.1, -0.05) is 24.3 Å². The van der Waals surface area contributed by atoms with Crippen molar-refractivity contribution in [2.75, 3.05) is 21.3 Å². The Labute approximate surface area is 225 Å². The smallest absolute Gasteiger partial charge is 0.326 e. The number of primary amides is 1. The van der Waals surface area contributed by atoms with Gasteiger partial charge in [0.05, 0.1) is 21.3 Å². The molecule has 0 aliphatic carbocycles. The SMILES string of the molecule is COc1cc(CN(C(=O)c2ccc(-c3ccc(C)c(F)c3)cc2)[C@@H](CCC(N)=O)C(=O)O)cc(OC)c1OC. The number of rotatable bonds is 12. The van der Waals surface area contributed by atoms with Gasteiger partial charge in [0, 0.05) is 18.5 Å². The van der Waals surface area contributed by atoms with Gasteiger partial charge in [-0.05, 0) is 65.9 Å². The number of ether oxygens (including phenoxy) is 3. The minimum Gasteiger partial charge on any atom is -0.493 e. The van der Waals surface area contributed by atoms with Gasteiger partial charge in [0.15, 0.2) is 11.5 Å². The molecule has 206 valence electrons. The van der Waals surface area contributed by atoms with Crippen molar-refractivity contribution in [1.29, 1.82) is 0 Å². The highest BCUT2D eigenvalue weighted by molar-refractivity contribution is 5.97. The molecule has 0 heterocycles. The molecule has 0 saturated carbocycles. The fourth-order valence-electron chi connectivity index (χ4n) is 4.18. The molecule has 0 saturated heterocycles. The van der Waals surface area contributed by atoms with E-state index in [1.54, 1.807) is 55.5 Å². The number of aliphatic carboxylic acids is 1. The molecule has 10 heteroatoms. The number of carboxylic acids is 1. The normalized spacial score (nSPS) is 11.4. The molecule has 0 unspecified atom stereocenters. The highest BCUT2D eigenvalue weighted by atomic mass is 19.1. The molecule has 3 aromatic rings. The number of methoxy groups -OCH3 is 3. The van der Waals surface area contributed by atoms with Crippen molar-refractivity contribution < 1.29 is 38.1 Å². The van der Waals surface area contributed by atoms with Crippen LogP contribution in [-0.2, 0) is 16.1 Å². The Hall–Kier alpha value is -4.60. The predicted molar refractivity (Wildman–Crippen MR) is 142 cm³/mol. The molecular weight excluding hydrogens is 507 g/mol. The number of halogens is 1. The standard InChI is InChI=1S/C29H31FN2O7/c1-17-5-6-21(15-22(17)30)19-7-9-20(10-8-19)28(34)32(23(29(35)36)11-12-26(31)33)16-18-13-24(37-2)27(39-4)25(14-18)38-3/h5-10,13-15,23H,11-12,16H2,1-4H3,(H2,31,33)(H,35,36)/t23-/m0/s1. The van der Waals surface area contributed by atoms with Gasteiger partial charge in [-0.2, -0.15) is 0 Å². The van der Waals surface area contributed by atoms with Gasteiger partial charge in [-0.3, -0.25) is 9.59 Å². The molecule has 0 fully saturated rings. The monoisotopic (exact) mass is 538 g/mol. The number of benzene rings is 3. The molecule has 3 rings (SSSR count). The Balaban J connectivity index is 2.02. The van der Waals surface area contributed by atoms with Crippen LogP contribution in [0.25, 0.3) is 11.1 Å². The summed E-state index contributed by atoms with van der Waals surface area (Å²) in [4.78, 5) is 38.6. The van der Waals surface area contributed by atoms with Crippen LogP contribution in [0.1, 0.15) is 34.3 Å². The predicted octanol–water partition coefficient (Wildman–Crippen LogP) is 4.19. The van der Waals surface area contributed by atoms with Crippen molar-refractivity contribution in [3.8, 4) is 28.4 Å². The summed E-state index contributed by atoms with van der Waals surface area (Å²) in [6.07, 6.45) is -0.407. The van der Waals surface area contributed by atoms with Crippen LogP contribution in [-0.4, -0.2) is 55.2 Å². The lowest BCUT2D eigenvalue weighted by Gasteiger charge is -2.29. The summed E-state index contributed by atoms with van der Waals surface area (Å²) in [5, 5.41) is 10.0. The molecule has 1 atom stereocenters.